The van der Waals surface area contributed by atoms with E-state index in [1.54, 1.807) is 11.3 Å². The minimum Gasteiger partial charge on any atom is -0.350 e. The summed E-state index contributed by atoms with van der Waals surface area (Å²) in [7, 11) is 0. The molecule has 0 bridgehead atoms. The second-order valence-corrected chi connectivity index (χ2v) is 5.26. The average Bonchev–Trinajstić information content (AvgIpc) is 2.77. The van der Waals surface area contributed by atoms with Crippen molar-refractivity contribution in [2.45, 2.75) is 19.9 Å². The summed E-state index contributed by atoms with van der Waals surface area (Å²) < 4.78 is 0. The largest absolute Gasteiger partial charge is 0.350 e. The van der Waals surface area contributed by atoms with Gasteiger partial charge in [-0.05, 0) is 11.6 Å². The van der Waals surface area contributed by atoms with Crippen molar-refractivity contribution in [2.75, 3.05) is 0 Å². The van der Waals surface area contributed by atoms with Crippen molar-refractivity contribution in [3.8, 4) is 0 Å². The molecule has 3 nitrogen and oxygen atoms in total. The number of aromatic nitrogens is 1. The third kappa shape index (κ3) is 3.55. The van der Waals surface area contributed by atoms with E-state index >= 15 is 0 Å². The molecule has 1 aromatic heterocycles. The van der Waals surface area contributed by atoms with Crippen molar-refractivity contribution in [2.24, 2.45) is 0 Å². The van der Waals surface area contributed by atoms with Gasteiger partial charge in [-0.25, -0.2) is 4.98 Å². The van der Waals surface area contributed by atoms with Gasteiger partial charge in [0.25, 0.3) is 0 Å². The molecule has 94 valence electrons. The second-order valence-electron chi connectivity index (χ2n) is 3.91. The highest BCUT2D eigenvalue weighted by Gasteiger charge is 2.05. The van der Waals surface area contributed by atoms with Crippen LogP contribution in [-0.2, 0) is 17.8 Å². The van der Waals surface area contributed by atoms with Gasteiger partial charge in [-0.3, -0.25) is 4.79 Å². The van der Waals surface area contributed by atoms with Crippen LogP contribution in [0.4, 0.5) is 0 Å². The van der Waals surface area contributed by atoms with E-state index in [1.165, 1.54) is 6.92 Å². The number of rotatable bonds is 4. The molecule has 1 aromatic carbocycles. The molecule has 0 atom stereocenters. The number of hydrogen-bond acceptors (Lipinski definition) is 3. The molecule has 0 spiro atoms. The molecule has 0 saturated heterocycles. The topological polar surface area (TPSA) is 42.0 Å². The molecule has 1 heterocycles. The Hall–Kier alpha value is -1.39. The molecule has 0 unspecified atom stereocenters. The Kier molecular flexibility index (Phi) is 4.33. The van der Waals surface area contributed by atoms with Gasteiger partial charge in [-0.15, -0.1) is 11.3 Å². The SMILES string of the molecule is CC(=O)NCc1nc(Cc2ccccc2Cl)cs1. The highest BCUT2D eigenvalue weighted by Crippen LogP contribution is 2.20. The van der Waals surface area contributed by atoms with Gasteiger partial charge >= 0.3 is 0 Å². The molecule has 0 fully saturated rings. The lowest BCUT2D eigenvalue weighted by Crippen LogP contribution is -2.18. The number of thiazole rings is 1. The quantitative estimate of drug-likeness (QED) is 0.935. The van der Waals surface area contributed by atoms with Gasteiger partial charge in [-0.2, -0.15) is 0 Å². The van der Waals surface area contributed by atoms with Crippen LogP contribution >= 0.6 is 22.9 Å². The van der Waals surface area contributed by atoms with Crippen molar-refractivity contribution in [3.05, 3.63) is 50.9 Å². The van der Waals surface area contributed by atoms with Crippen LogP contribution in [0.3, 0.4) is 0 Å². The summed E-state index contributed by atoms with van der Waals surface area (Å²) in [6.07, 6.45) is 0.718. The monoisotopic (exact) mass is 280 g/mol. The van der Waals surface area contributed by atoms with Crippen molar-refractivity contribution < 1.29 is 4.79 Å². The van der Waals surface area contributed by atoms with Gasteiger partial charge in [0.05, 0.1) is 12.2 Å². The Labute approximate surface area is 115 Å². The number of benzene rings is 1. The van der Waals surface area contributed by atoms with Crippen LogP contribution in [-0.4, -0.2) is 10.9 Å². The van der Waals surface area contributed by atoms with Gasteiger partial charge in [0.15, 0.2) is 0 Å². The predicted octanol–water partition coefficient (Wildman–Crippen LogP) is 3.02. The fourth-order valence-corrected chi connectivity index (χ4v) is 2.48. The van der Waals surface area contributed by atoms with E-state index in [1.807, 2.05) is 29.6 Å². The standard InChI is InChI=1S/C13H13ClN2OS/c1-9(17)15-7-13-16-11(8-18-13)6-10-4-2-3-5-12(10)14/h2-5,8H,6-7H2,1H3,(H,15,17). The maximum Gasteiger partial charge on any atom is 0.217 e. The first-order valence-electron chi connectivity index (χ1n) is 5.56. The molecule has 0 aliphatic heterocycles. The zero-order valence-corrected chi connectivity index (χ0v) is 11.5. The highest BCUT2D eigenvalue weighted by atomic mass is 35.5. The van der Waals surface area contributed by atoms with Gasteiger partial charge < -0.3 is 5.32 Å². The summed E-state index contributed by atoms with van der Waals surface area (Å²) >= 11 is 7.65. The molecule has 1 N–H and O–H groups in total. The first kappa shape index (κ1) is 13.1. The van der Waals surface area contributed by atoms with Crippen molar-refractivity contribution in [1.29, 1.82) is 0 Å². The molecule has 2 rings (SSSR count). The summed E-state index contributed by atoms with van der Waals surface area (Å²) in [6, 6.07) is 7.75. The lowest BCUT2D eigenvalue weighted by molar-refractivity contribution is -0.119. The molecule has 0 aliphatic rings. The van der Waals surface area contributed by atoms with Crippen molar-refractivity contribution >= 4 is 28.8 Å². The summed E-state index contributed by atoms with van der Waals surface area (Å²) in [5, 5.41) is 6.40. The lowest BCUT2D eigenvalue weighted by Gasteiger charge is -2.01. The zero-order valence-electron chi connectivity index (χ0n) is 9.94. The molecule has 5 heteroatoms. The molecular weight excluding hydrogens is 268 g/mol. The number of halogens is 1. The maximum absolute atomic E-state index is 10.8. The number of carbonyl (C=O) groups is 1. The van der Waals surface area contributed by atoms with Crippen molar-refractivity contribution in [1.82, 2.24) is 10.3 Å². The molecule has 2 aromatic rings. The first-order valence-corrected chi connectivity index (χ1v) is 6.82. The van der Waals surface area contributed by atoms with Crippen LogP contribution in [0.5, 0.6) is 0 Å². The van der Waals surface area contributed by atoms with Crippen LogP contribution in [0, 0.1) is 0 Å². The molecule has 0 aliphatic carbocycles. The molecule has 0 radical (unpaired) electrons. The smallest absolute Gasteiger partial charge is 0.217 e. The third-order valence-electron chi connectivity index (χ3n) is 2.42. The summed E-state index contributed by atoms with van der Waals surface area (Å²) in [5.41, 5.74) is 2.05. The van der Waals surface area contributed by atoms with Crippen LogP contribution in [0.1, 0.15) is 23.2 Å². The van der Waals surface area contributed by atoms with Gasteiger partial charge in [0.1, 0.15) is 5.01 Å². The van der Waals surface area contributed by atoms with Gasteiger partial charge in [-0.1, -0.05) is 29.8 Å². The van der Waals surface area contributed by atoms with Gasteiger partial charge in [0, 0.05) is 23.7 Å². The van der Waals surface area contributed by atoms with E-state index in [0.717, 1.165) is 27.7 Å². The van der Waals surface area contributed by atoms with Crippen LogP contribution in [0.2, 0.25) is 5.02 Å². The molecule has 1 amide bonds. The summed E-state index contributed by atoms with van der Waals surface area (Å²) in [6.45, 7) is 1.99. The summed E-state index contributed by atoms with van der Waals surface area (Å²) in [5.74, 6) is -0.0437. The second kappa shape index (κ2) is 5.98. The van der Waals surface area contributed by atoms with Crippen LogP contribution in [0.15, 0.2) is 29.6 Å². The fraction of sp³-hybridized carbons (Fsp3) is 0.231. The van der Waals surface area contributed by atoms with E-state index in [2.05, 4.69) is 10.3 Å². The zero-order chi connectivity index (χ0) is 13.0. The molecular formula is C13H13ClN2OS. The van der Waals surface area contributed by atoms with Gasteiger partial charge in [0.2, 0.25) is 5.91 Å². The van der Waals surface area contributed by atoms with Crippen LogP contribution < -0.4 is 5.32 Å². The molecule has 0 saturated carbocycles. The van der Waals surface area contributed by atoms with Crippen molar-refractivity contribution in [3.63, 3.8) is 0 Å². The first-order chi connectivity index (χ1) is 8.65. The number of amides is 1. The Balaban J connectivity index is 2.02. The third-order valence-corrected chi connectivity index (χ3v) is 3.68. The Morgan fingerprint density at radius 2 is 2.22 bits per heavy atom. The predicted molar refractivity (Wildman–Crippen MR) is 73.9 cm³/mol. The average molecular weight is 281 g/mol. The molecule has 18 heavy (non-hydrogen) atoms. The Morgan fingerprint density at radius 1 is 1.44 bits per heavy atom. The minimum atomic E-state index is -0.0437. The number of nitrogens with one attached hydrogen (secondary N) is 1. The van der Waals surface area contributed by atoms with E-state index in [-0.39, 0.29) is 5.91 Å². The highest BCUT2D eigenvalue weighted by molar-refractivity contribution is 7.09. The Morgan fingerprint density at radius 3 is 2.94 bits per heavy atom. The summed E-state index contributed by atoms with van der Waals surface area (Å²) in [4.78, 5) is 15.3. The lowest BCUT2D eigenvalue weighted by atomic mass is 10.1. The number of carbonyl (C=O) groups excluding carboxylic acids is 1. The van der Waals surface area contributed by atoms with E-state index in [0.29, 0.717) is 6.54 Å². The maximum atomic E-state index is 10.8. The number of hydrogen-bond donors (Lipinski definition) is 1. The van der Waals surface area contributed by atoms with Crippen LogP contribution in [0.25, 0.3) is 0 Å². The van der Waals surface area contributed by atoms with E-state index < -0.39 is 0 Å². The normalized spacial score (nSPS) is 10.3. The minimum absolute atomic E-state index is 0.0437. The number of nitrogens with zero attached hydrogens (tertiary/aromatic N) is 1. The fourth-order valence-electron chi connectivity index (χ4n) is 1.55. The Bertz CT molecular complexity index is 553. The van der Waals surface area contributed by atoms with E-state index in [9.17, 15) is 4.79 Å². The van der Waals surface area contributed by atoms with E-state index in [4.69, 9.17) is 11.6 Å².